The van der Waals surface area contributed by atoms with Crippen molar-refractivity contribution in [1.82, 2.24) is 4.98 Å². The molecule has 0 saturated heterocycles. The quantitative estimate of drug-likeness (QED) is 0.498. The molecule has 0 saturated carbocycles. The topological polar surface area (TPSA) is 58.9 Å². The molecule has 1 aromatic rings. The molecule has 1 N–H and O–H groups in total. The van der Waals surface area contributed by atoms with Crippen LogP contribution in [0, 0.1) is 10.1 Å². The number of aromatic nitrogens is 1. The lowest BCUT2D eigenvalue weighted by Gasteiger charge is -1.85. The molecule has 1 aromatic heterocycles. The molecular weight excluding hydrogens is 132 g/mol. The average molecular weight is 138 g/mol. The van der Waals surface area contributed by atoms with Crippen LogP contribution in [0.5, 0.6) is 0 Å². The molecule has 0 radical (unpaired) electrons. The van der Waals surface area contributed by atoms with E-state index in [1.54, 1.807) is 0 Å². The Bertz CT molecular complexity index is 264. The number of H-pyrrole nitrogens is 1. The van der Waals surface area contributed by atoms with E-state index in [0.717, 1.165) is 0 Å². The Hall–Kier alpha value is -1.58. The van der Waals surface area contributed by atoms with Gasteiger partial charge in [0.1, 0.15) is 5.69 Å². The lowest BCUT2D eigenvalue weighted by molar-refractivity contribution is -0.384. The molecule has 0 atom stereocenters. The summed E-state index contributed by atoms with van der Waals surface area (Å²) in [5.41, 5.74) is 0.514. The first-order chi connectivity index (χ1) is 4.75. The second-order valence-corrected chi connectivity index (χ2v) is 1.74. The van der Waals surface area contributed by atoms with Gasteiger partial charge in [-0.15, -0.1) is 0 Å². The molecule has 52 valence electrons. The molecule has 0 amide bonds. The largest absolute Gasteiger partial charge is 0.356 e. The van der Waals surface area contributed by atoms with Gasteiger partial charge < -0.3 is 4.98 Å². The van der Waals surface area contributed by atoms with Gasteiger partial charge in [-0.05, 0) is 6.08 Å². The van der Waals surface area contributed by atoms with E-state index in [1.807, 2.05) is 0 Å². The summed E-state index contributed by atoms with van der Waals surface area (Å²) in [6, 6.07) is 1.40. The highest BCUT2D eigenvalue weighted by atomic mass is 16.6. The maximum absolute atomic E-state index is 10.2. The van der Waals surface area contributed by atoms with Crippen molar-refractivity contribution in [1.29, 1.82) is 0 Å². The number of hydrogen-bond acceptors (Lipinski definition) is 2. The minimum atomic E-state index is -0.451. The van der Waals surface area contributed by atoms with Crippen molar-refractivity contribution in [3.63, 3.8) is 0 Å². The van der Waals surface area contributed by atoms with Crippen LogP contribution in [0.25, 0.3) is 6.08 Å². The lowest BCUT2D eigenvalue weighted by Crippen LogP contribution is -1.87. The normalized spacial score (nSPS) is 9.20. The van der Waals surface area contributed by atoms with Crippen molar-refractivity contribution in [2.75, 3.05) is 0 Å². The van der Waals surface area contributed by atoms with Gasteiger partial charge in [0, 0.05) is 12.3 Å². The van der Waals surface area contributed by atoms with Crippen molar-refractivity contribution in [3.05, 3.63) is 34.7 Å². The first kappa shape index (κ1) is 6.54. The molecule has 1 rings (SSSR count). The molecule has 0 aliphatic rings. The molecule has 0 spiro atoms. The lowest BCUT2D eigenvalue weighted by atomic mass is 10.4. The molecule has 0 aliphatic carbocycles. The molecule has 0 bridgehead atoms. The standard InChI is InChI=1S/C6H6N2O2/c1-2-5-6(8(9)10)3-4-7-5/h2-4,7H,1H2. The van der Waals surface area contributed by atoms with Crippen LogP contribution in [0.2, 0.25) is 0 Å². The molecule has 0 unspecified atom stereocenters. The Labute approximate surface area is 57.3 Å². The summed E-state index contributed by atoms with van der Waals surface area (Å²) >= 11 is 0. The zero-order valence-corrected chi connectivity index (χ0v) is 5.20. The first-order valence-corrected chi connectivity index (χ1v) is 2.70. The molecular formula is C6H6N2O2. The zero-order chi connectivity index (χ0) is 7.56. The number of nitrogens with one attached hydrogen (secondary N) is 1. The van der Waals surface area contributed by atoms with Crippen LogP contribution in [0.3, 0.4) is 0 Å². The Balaban J connectivity index is 3.13. The fourth-order valence-corrected chi connectivity index (χ4v) is 0.697. The van der Waals surface area contributed by atoms with Gasteiger partial charge in [0.05, 0.1) is 4.92 Å². The third-order valence-electron chi connectivity index (χ3n) is 1.16. The summed E-state index contributed by atoms with van der Waals surface area (Å²) in [5, 5.41) is 10.2. The van der Waals surface area contributed by atoms with Gasteiger partial charge >= 0.3 is 0 Å². The van der Waals surface area contributed by atoms with Crippen molar-refractivity contribution < 1.29 is 4.92 Å². The van der Waals surface area contributed by atoms with E-state index in [-0.39, 0.29) is 5.69 Å². The third kappa shape index (κ3) is 0.907. The fraction of sp³-hybridized carbons (Fsp3) is 0. The predicted octanol–water partition coefficient (Wildman–Crippen LogP) is 1.57. The van der Waals surface area contributed by atoms with Crippen LogP contribution in [0.4, 0.5) is 5.69 Å². The van der Waals surface area contributed by atoms with Gasteiger partial charge in [-0.25, -0.2) is 0 Å². The van der Waals surface area contributed by atoms with E-state index in [0.29, 0.717) is 5.69 Å². The molecule has 4 nitrogen and oxygen atoms in total. The maximum Gasteiger partial charge on any atom is 0.294 e. The smallest absolute Gasteiger partial charge is 0.294 e. The fourth-order valence-electron chi connectivity index (χ4n) is 0.697. The van der Waals surface area contributed by atoms with E-state index in [4.69, 9.17) is 0 Å². The zero-order valence-electron chi connectivity index (χ0n) is 5.20. The minimum absolute atomic E-state index is 0.0648. The summed E-state index contributed by atoms with van der Waals surface area (Å²) < 4.78 is 0. The second-order valence-electron chi connectivity index (χ2n) is 1.74. The van der Waals surface area contributed by atoms with Crippen molar-refractivity contribution in [3.8, 4) is 0 Å². The second kappa shape index (κ2) is 2.34. The molecule has 4 heteroatoms. The van der Waals surface area contributed by atoms with Crippen molar-refractivity contribution in [2.24, 2.45) is 0 Å². The number of aromatic amines is 1. The summed E-state index contributed by atoms with van der Waals surface area (Å²) in [4.78, 5) is 12.4. The number of nitro groups is 1. The van der Waals surface area contributed by atoms with E-state index < -0.39 is 4.92 Å². The summed E-state index contributed by atoms with van der Waals surface area (Å²) in [6.07, 6.45) is 2.92. The highest BCUT2D eigenvalue weighted by molar-refractivity contribution is 5.55. The predicted molar refractivity (Wildman–Crippen MR) is 37.5 cm³/mol. The van der Waals surface area contributed by atoms with Gasteiger partial charge in [0.25, 0.3) is 5.69 Å². The van der Waals surface area contributed by atoms with Crippen LogP contribution in [-0.2, 0) is 0 Å². The van der Waals surface area contributed by atoms with Gasteiger partial charge in [-0.3, -0.25) is 10.1 Å². The van der Waals surface area contributed by atoms with Crippen molar-refractivity contribution >= 4 is 11.8 Å². The maximum atomic E-state index is 10.2. The number of nitrogens with zero attached hydrogens (tertiary/aromatic N) is 1. The SMILES string of the molecule is C=Cc1[nH]ccc1[N+](=O)[O-]. The van der Waals surface area contributed by atoms with Gasteiger partial charge in [0.2, 0.25) is 0 Å². The van der Waals surface area contributed by atoms with Crippen LogP contribution >= 0.6 is 0 Å². The van der Waals surface area contributed by atoms with Crippen LogP contribution < -0.4 is 0 Å². The molecule has 0 fully saturated rings. The van der Waals surface area contributed by atoms with Gasteiger partial charge in [-0.2, -0.15) is 0 Å². The summed E-state index contributed by atoms with van der Waals surface area (Å²) in [5.74, 6) is 0. The Morgan fingerprint density at radius 1 is 1.80 bits per heavy atom. The summed E-state index contributed by atoms with van der Waals surface area (Å²) in [6.45, 7) is 3.41. The average Bonchev–Trinajstić information content (AvgIpc) is 2.33. The van der Waals surface area contributed by atoms with Gasteiger partial charge in [0.15, 0.2) is 0 Å². The Morgan fingerprint density at radius 2 is 2.50 bits per heavy atom. The minimum Gasteiger partial charge on any atom is -0.356 e. The third-order valence-corrected chi connectivity index (χ3v) is 1.16. The highest BCUT2D eigenvalue weighted by Crippen LogP contribution is 2.16. The van der Waals surface area contributed by atoms with Gasteiger partial charge in [-0.1, -0.05) is 6.58 Å². The van der Waals surface area contributed by atoms with E-state index in [2.05, 4.69) is 11.6 Å². The van der Waals surface area contributed by atoms with Crippen molar-refractivity contribution in [2.45, 2.75) is 0 Å². The van der Waals surface area contributed by atoms with E-state index >= 15 is 0 Å². The number of hydrogen-bond donors (Lipinski definition) is 1. The van der Waals surface area contributed by atoms with Crippen LogP contribution in [0.1, 0.15) is 5.69 Å². The molecule has 1 heterocycles. The van der Waals surface area contributed by atoms with E-state index in [1.165, 1.54) is 18.3 Å². The molecule has 0 aromatic carbocycles. The molecule has 10 heavy (non-hydrogen) atoms. The Kier molecular flexibility index (Phi) is 1.53. The highest BCUT2D eigenvalue weighted by Gasteiger charge is 2.10. The molecule has 0 aliphatic heterocycles. The van der Waals surface area contributed by atoms with Crippen LogP contribution in [-0.4, -0.2) is 9.91 Å². The van der Waals surface area contributed by atoms with Crippen LogP contribution in [0.15, 0.2) is 18.8 Å². The first-order valence-electron chi connectivity index (χ1n) is 2.70. The monoisotopic (exact) mass is 138 g/mol. The Morgan fingerprint density at radius 3 is 2.90 bits per heavy atom. The number of rotatable bonds is 2. The summed E-state index contributed by atoms with van der Waals surface area (Å²) in [7, 11) is 0. The van der Waals surface area contributed by atoms with E-state index in [9.17, 15) is 10.1 Å².